The molecule has 1 aliphatic heterocycles. The predicted molar refractivity (Wildman–Crippen MR) is 87.9 cm³/mol. The number of aromatic nitrogens is 1. The minimum absolute atomic E-state index is 0.0397. The van der Waals surface area contributed by atoms with E-state index in [1.165, 1.54) is 16.6 Å². The van der Waals surface area contributed by atoms with Gasteiger partial charge >= 0.3 is 6.03 Å². The molecule has 3 aromatic rings. The number of benzene rings is 2. The number of hydrogen-bond acceptors (Lipinski definition) is 1. The average Bonchev–Trinajstić information content (AvgIpc) is 2.93. The molecule has 0 unspecified atom stereocenters. The lowest BCUT2D eigenvalue weighted by atomic mass is 10.0. The SMILES string of the molecule is O=C(Nc1ccccc1)N1CCc2[nH]c3ccccc3c2C1. The van der Waals surface area contributed by atoms with E-state index >= 15 is 0 Å². The summed E-state index contributed by atoms with van der Waals surface area (Å²) in [5.41, 5.74) is 4.48. The van der Waals surface area contributed by atoms with Gasteiger partial charge in [0.15, 0.2) is 0 Å². The molecule has 0 saturated carbocycles. The predicted octanol–water partition coefficient (Wildman–Crippen LogP) is 3.76. The number of amides is 2. The minimum Gasteiger partial charge on any atom is -0.358 e. The quantitative estimate of drug-likeness (QED) is 0.704. The van der Waals surface area contributed by atoms with Crippen LogP contribution < -0.4 is 5.32 Å². The third-order valence-corrected chi connectivity index (χ3v) is 4.19. The molecule has 0 fully saturated rings. The molecule has 4 nitrogen and oxygen atoms in total. The summed E-state index contributed by atoms with van der Waals surface area (Å²) < 4.78 is 0. The molecule has 4 rings (SSSR count). The maximum atomic E-state index is 12.4. The maximum absolute atomic E-state index is 12.4. The van der Waals surface area contributed by atoms with Crippen molar-refractivity contribution in [1.82, 2.24) is 9.88 Å². The van der Waals surface area contributed by atoms with Crippen LogP contribution in [0.2, 0.25) is 0 Å². The number of H-pyrrole nitrogens is 1. The number of rotatable bonds is 1. The van der Waals surface area contributed by atoms with Crippen LogP contribution >= 0.6 is 0 Å². The van der Waals surface area contributed by atoms with Crippen LogP contribution in [0.15, 0.2) is 54.6 Å². The van der Waals surface area contributed by atoms with Gasteiger partial charge in [0, 0.05) is 47.4 Å². The second-order valence-electron chi connectivity index (χ2n) is 5.60. The largest absolute Gasteiger partial charge is 0.358 e. The Bertz CT molecular complexity index is 823. The van der Waals surface area contributed by atoms with Gasteiger partial charge < -0.3 is 15.2 Å². The van der Waals surface area contributed by atoms with E-state index in [0.29, 0.717) is 6.54 Å². The first kappa shape index (κ1) is 13.0. The molecule has 2 aromatic carbocycles. The van der Waals surface area contributed by atoms with Crippen molar-refractivity contribution in [3.8, 4) is 0 Å². The topological polar surface area (TPSA) is 48.1 Å². The number of aromatic amines is 1. The van der Waals surface area contributed by atoms with Crippen molar-refractivity contribution in [3.05, 3.63) is 65.9 Å². The molecule has 110 valence electrons. The van der Waals surface area contributed by atoms with Crippen LogP contribution in [-0.4, -0.2) is 22.5 Å². The van der Waals surface area contributed by atoms with Crippen LogP contribution in [0.3, 0.4) is 0 Å². The summed E-state index contributed by atoms with van der Waals surface area (Å²) in [6, 6.07) is 17.8. The summed E-state index contributed by atoms with van der Waals surface area (Å²) in [5, 5.41) is 4.18. The third kappa shape index (κ3) is 2.22. The molecule has 4 heteroatoms. The highest BCUT2D eigenvalue weighted by Crippen LogP contribution is 2.27. The standard InChI is InChI=1S/C18H17N3O/c22-18(19-13-6-2-1-3-7-13)21-11-10-17-15(12-21)14-8-4-5-9-16(14)20-17/h1-9,20H,10-12H2,(H,19,22). The van der Waals surface area contributed by atoms with E-state index < -0.39 is 0 Å². The van der Waals surface area contributed by atoms with Crippen LogP contribution in [-0.2, 0) is 13.0 Å². The Kier molecular flexibility index (Phi) is 3.07. The van der Waals surface area contributed by atoms with Gasteiger partial charge in [0.25, 0.3) is 0 Å². The van der Waals surface area contributed by atoms with E-state index in [-0.39, 0.29) is 6.03 Å². The van der Waals surface area contributed by atoms with Gasteiger partial charge in [-0.1, -0.05) is 36.4 Å². The number of nitrogens with one attached hydrogen (secondary N) is 2. The van der Waals surface area contributed by atoms with Crippen LogP contribution in [0, 0.1) is 0 Å². The molecular weight excluding hydrogens is 274 g/mol. The monoisotopic (exact) mass is 291 g/mol. The van der Waals surface area contributed by atoms with Crippen molar-refractivity contribution in [2.24, 2.45) is 0 Å². The van der Waals surface area contributed by atoms with Crippen LogP contribution in [0.5, 0.6) is 0 Å². The highest BCUT2D eigenvalue weighted by Gasteiger charge is 2.23. The molecule has 0 spiro atoms. The van der Waals surface area contributed by atoms with Gasteiger partial charge in [-0.3, -0.25) is 0 Å². The Balaban J connectivity index is 1.57. The van der Waals surface area contributed by atoms with Gasteiger partial charge in [-0.05, 0) is 18.2 Å². The smallest absolute Gasteiger partial charge is 0.322 e. The zero-order valence-electron chi connectivity index (χ0n) is 12.2. The summed E-state index contributed by atoms with van der Waals surface area (Å²) in [7, 11) is 0. The number of hydrogen-bond donors (Lipinski definition) is 2. The van der Waals surface area contributed by atoms with E-state index in [1.54, 1.807) is 0 Å². The number of carbonyl (C=O) groups is 1. The summed E-state index contributed by atoms with van der Waals surface area (Å²) in [6.45, 7) is 1.39. The molecular formula is C18H17N3O. The van der Waals surface area contributed by atoms with E-state index in [0.717, 1.165) is 24.2 Å². The van der Waals surface area contributed by atoms with Gasteiger partial charge in [0.05, 0.1) is 0 Å². The van der Waals surface area contributed by atoms with Gasteiger partial charge in [0.2, 0.25) is 0 Å². The van der Waals surface area contributed by atoms with Crippen molar-refractivity contribution in [1.29, 1.82) is 0 Å². The van der Waals surface area contributed by atoms with E-state index in [4.69, 9.17) is 0 Å². The number of para-hydroxylation sites is 2. The first-order valence-electron chi connectivity index (χ1n) is 7.51. The second-order valence-corrected chi connectivity index (χ2v) is 5.60. The van der Waals surface area contributed by atoms with Crippen molar-refractivity contribution in [2.45, 2.75) is 13.0 Å². The van der Waals surface area contributed by atoms with Crippen LogP contribution in [0.4, 0.5) is 10.5 Å². The molecule has 1 aromatic heterocycles. The number of urea groups is 1. The van der Waals surface area contributed by atoms with Gasteiger partial charge in [-0.15, -0.1) is 0 Å². The number of nitrogens with zero attached hydrogens (tertiary/aromatic N) is 1. The molecule has 0 radical (unpaired) electrons. The maximum Gasteiger partial charge on any atom is 0.322 e. The Labute approximate surface area is 128 Å². The van der Waals surface area contributed by atoms with Crippen LogP contribution in [0.1, 0.15) is 11.3 Å². The molecule has 2 amide bonds. The highest BCUT2D eigenvalue weighted by atomic mass is 16.2. The second kappa shape index (κ2) is 5.22. The van der Waals surface area contributed by atoms with Crippen molar-refractivity contribution in [2.75, 3.05) is 11.9 Å². The molecule has 0 aliphatic carbocycles. The fourth-order valence-electron chi connectivity index (χ4n) is 3.06. The van der Waals surface area contributed by atoms with Gasteiger partial charge in [0.1, 0.15) is 0 Å². The zero-order chi connectivity index (χ0) is 14.9. The van der Waals surface area contributed by atoms with E-state index in [9.17, 15) is 4.79 Å². The normalized spacial score (nSPS) is 13.9. The lowest BCUT2D eigenvalue weighted by Crippen LogP contribution is -2.38. The molecule has 0 bridgehead atoms. The van der Waals surface area contributed by atoms with Crippen LogP contribution in [0.25, 0.3) is 10.9 Å². The Morgan fingerprint density at radius 2 is 1.82 bits per heavy atom. The summed E-state index contributed by atoms with van der Waals surface area (Å²) in [4.78, 5) is 17.8. The first-order valence-corrected chi connectivity index (χ1v) is 7.51. The van der Waals surface area contributed by atoms with Crippen molar-refractivity contribution < 1.29 is 4.79 Å². The number of carbonyl (C=O) groups excluding carboxylic acids is 1. The van der Waals surface area contributed by atoms with E-state index in [2.05, 4.69) is 22.4 Å². The van der Waals surface area contributed by atoms with Crippen molar-refractivity contribution in [3.63, 3.8) is 0 Å². The fraction of sp³-hybridized carbons (Fsp3) is 0.167. The molecule has 2 heterocycles. The zero-order valence-corrected chi connectivity index (χ0v) is 12.2. The third-order valence-electron chi connectivity index (χ3n) is 4.19. The van der Waals surface area contributed by atoms with Crippen molar-refractivity contribution >= 4 is 22.6 Å². The summed E-state index contributed by atoms with van der Waals surface area (Å²) in [6.07, 6.45) is 0.867. The lowest BCUT2D eigenvalue weighted by Gasteiger charge is -2.27. The van der Waals surface area contributed by atoms with Gasteiger partial charge in [-0.2, -0.15) is 0 Å². The lowest BCUT2D eigenvalue weighted by molar-refractivity contribution is 0.206. The summed E-state index contributed by atoms with van der Waals surface area (Å²) >= 11 is 0. The average molecular weight is 291 g/mol. The molecule has 0 saturated heterocycles. The van der Waals surface area contributed by atoms with E-state index in [1.807, 2.05) is 47.4 Å². The first-order chi connectivity index (χ1) is 10.8. The number of fused-ring (bicyclic) bond motifs is 3. The van der Waals surface area contributed by atoms with Gasteiger partial charge in [-0.25, -0.2) is 4.79 Å². The fourth-order valence-corrected chi connectivity index (χ4v) is 3.06. The summed E-state index contributed by atoms with van der Waals surface area (Å²) in [5.74, 6) is 0. The Morgan fingerprint density at radius 1 is 1.05 bits per heavy atom. The molecule has 2 N–H and O–H groups in total. The molecule has 22 heavy (non-hydrogen) atoms. The Morgan fingerprint density at radius 3 is 2.68 bits per heavy atom. The molecule has 0 atom stereocenters. The minimum atomic E-state index is -0.0397. The highest BCUT2D eigenvalue weighted by molar-refractivity contribution is 5.91. The number of anilines is 1. The Hall–Kier alpha value is -2.75. The molecule has 1 aliphatic rings.